The summed E-state index contributed by atoms with van der Waals surface area (Å²) in [5, 5.41) is 3.21. The molecule has 2 rings (SSSR count). The van der Waals surface area contributed by atoms with Crippen molar-refractivity contribution in [3.8, 4) is 0 Å². The Hall–Kier alpha value is -1.09. The Kier molecular flexibility index (Phi) is 4.00. The first-order chi connectivity index (χ1) is 8.24. The fourth-order valence-corrected chi connectivity index (χ4v) is 2.26. The highest BCUT2D eigenvalue weighted by Crippen LogP contribution is 2.27. The lowest BCUT2D eigenvalue weighted by Crippen LogP contribution is -2.37. The van der Waals surface area contributed by atoms with Crippen molar-refractivity contribution in [3.05, 3.63) is 23.4 Å². The molecule has 1 aromatic heterocycles. The van der Waals surface area contributed by atoms with Crippen LogP contribution in [0, 0.1) is 0 Å². The number of aryl methyl sites for hydroxylation is 1. The van der Waals surface area contributed by atoms with Crippen LogP contribution in [0.2, 0.25) is 0 Å². The SMILES string of the molecule is CCc1cc(CNC)cc(N(C)C2CCC2)n1. The second-order valence-corrected chi connectivity index (χ2v) is 4.90. The van der Waals surface area contributed by atoms with Crippen molar-refractivity contribution in [2.75, 3.05) is 19.0 Å². The number of hydrogen-bond acceptors (Lipinski definition) is 3. The maximum Gasteiger partial charge on any atom is 0.129 e. The second-order valence-electron chi connectivity index (χ2n) is 4.90. The average molecular weight is 233 g/mol. The van der Waals surface area contributed by atoms with E-state index in [0.29, 0.717) is 6.04 Å². The molecule has 3 heteroatoms. The van der Waals surface area contributed by atoms with Gasteiger partial charge in [0.2, 0.25) is 0 Å². The lowest BCUT2D eigenvalue weighted by molar-refractivity contribution is 0.399. The van der Waals surface area contributed by atoms with Crippen LogP contribution in [0.25, 0.3) is 0 Å². The average Bonchev–Trinajstić information content (AvgIpc) is 2.26. The van der Waals surface area contributed by atoms with E-state index in [2.05, 4.69) is 36.3 Å². The fourth-order valence-electron chi connectivity index (χ4n) is 2.26. The van der Waals surface area contributed by atoms with Gasteiger partial charge >= 0.3 is 0 Å². The normalized spacial score (nSPS) is 15.7. The summed E-state index contributed by atoms with van der Waals surface area (Å²) in [6, 6.07) is 5.12. The zero-order valence-corrected chi connectivity index (χ0v) is 11.2. The van der Waals surface area contributed by atoms with Crippen molar-refractivity contribution in [3.63, 3.8) is 0 Å². The van der Waals surface area contributed by atoms with Crippen LogP contribution >= 0.6 is 0 Å². The zero-order chi connectivity index (χ0) is 12.3. The van der Waals surface area contributed by atoms with E-state index in [0.717, 1.165) is 18.8 Å². The number of nitrogens with zero attached hydrogens (tertiary/aromatic N) is 2. The summed E-state index contributed by atoms with van der Waals surface area (Å²) in [6.45, 7) is 3.08. The van der Waals surface area contributed by atoms with Gasteiger partial charge in [0.05, 0.1) is 0 Å². The van der Waals surface area contributed by atoms with E-state index < -0.39 is 0 Å². The predicted molar refractivity (Wildman–Crippen MR) is 72.4 cm³/mol. The molecule has 94 valence electrons. The smallest absolute Gasteiger partial charge is 0.129 e. The number of nitrogens with one attached hydrogen (secondary N) is 1. The number of aromatic nitrogens is 1. The van der Waals surface area contributed by atoms with Crippen LogP contribution in [0.3, 0.4) is 0 Å². The lowest BCUT2D eigenvalue weighted by Gasteiger charge is -2.35. The minimum Gasteiger partial charge on any atom is -0.357 e. The molecule has 0 spiro atoms. The predicted octanol–water partition coefficient (Wildman–Crippen LogP) is 2.35. The van der Waals surface area contributed by atoms with E-state index >= 15 is 0 Å². The van der Waals surface area contributed by atoms with Crippen molar-refractivity contribution >= 4 is 5.82 Å². The monoisotopic (exact) mass is 233 g/mol. The van der Waals surface area contributed by atoms with E-state index in [1.807, 2.05) is 7.05 Å². The fraction of sp³-hybridized carbons (Fsp3) is 0.643. The maximum atomic E-state index is 4.74. The van der Waals surface area contributed by atoms with Crippen LogP contribution < -0.4 is 10.2 Å². The minimum atomic E-state index is 0.706. The Morgan fingerprint density at radius 3 is 2.71 bits per heavy atom. The van der Waals surface area contributed by atoms with Gasteiger partial charge in [0.15, 0.2) is 0 Å². The first-order valence-electron chi connectivity index (χ1n) is 6.62. The number of pyridine rings is 1. The quantitative estimate of drug-likeness (QED) is 0.846. The van der Waals surface area contributed by atoms with Crippen LogP contribution in [-0.4, -0.2) is 25.1 Å². The highest BCUT2D eigenvalue weighted by molar-refractivity contribution is 5.43. The molecule has 1 saturated carbocycles. The van der Waals surface area contributed by atoms with E-state index in [-0.39, 0.29) is 0 Å². The molecule has 0 bridgehead atoms. The Morgan fingerprint density at radius 2 is 2.18 bits per heavy atom. The molecule has 0 aliphatic heterocycles. The molecule has 17 heavy (non-hydrogen) atoms. The van der Waals surface area contributed by atoms with Gasteiger partial charge in [-0.25, -0.2) is 4.98 Å². The molecule has 1 heterocycles. The van der Waals surface area contributed by atoms with Crippen molar-refractivity contribution in [2.45, 2.75) is 45.2 Å². The summed E-state index contributed by atoms with van der Waals surface area (Å²) in [5.41, 5.74) is 2.53. The minimum absolute atomic E-state index is 0.706. The lowest BCUT2D eigenvalue weighted by atomic mass is 9.92. The molecule has 0 unspecified atom stereocenters. The van der Waals surface area contributed by atoms with Crippen LogP contribution in [-0.2, 0) is 13.0 Å². The second kappa shape index (κ2) is 5.50. The van der Waals surface area contributed by atoms with Gasteiger partial charge in [-0.2, -0.15) is 0 Å². The van der Waals surface area contributed by atoms with Gasteiger partial charge in [-0.1, -0.05) is 6.92 Å². The summed E-state index contributed by atoms with van der Waals surface area (Å²) < 4.78 is 0. The van der Waals surface area contributed by atoms with Gasteiger partial charge in [-0.3, -0.25) is 0 Å². The van der Waals surface area contributed by atoms with E-state index in [4.69, 9.17) is 4.98 Å². The van der Waals surface area contributed by atoms with Gasteiger partial charge in [-0.15, -0.1) is 0 Å². The van der Waals surface area contributed by atoms with Crippen molar-refractivity contribution in [1.82, 2.24) is 10.3 Å². The Bertz CT molecular complexity index is 372. The van der Waals surface area contributed by atoms with Crippen LogP contribution in [0.4, 0.5) is 5.82 Å². The Morgan fingerprint density at radius 1 is 1.41 bits per heavy atom. The highest BCUT2D eigenvalue weighted by atomic mass is 15.2. The third-order valence-corrected chi connectivity index (χ3v) is 3.65. The molecule has 3 nitrogen and oxygen atoms in total. The summed E-state index contributed by atoms with van der Waals surface area (Å²) in [6.07, 6.45) is 5.00. The number of hydrogen-bond donors (Lipinski definition) is 1. The van der Waals surface area contributed by atoms with E-state index in [1.54, 1.807) is 0 Å². The Labute approximate surface area is 104 Å². The molecule has 1 N–H and O–H groups in total. The molecule has 0 saturated heterocycles. The Balaban J connectivity index is 2.21. The van der Waals surface area contributed by atoms with Gasteiger partial charge in [-0.05, 0) is 50.4 Å². The summed E-state index contributed by atoms with van der Waals surface area (Å²) in [5.74, 6) is 1.14. The molecular weight excluding hydrogens is 210 g/mol. The largest absolute Gasteiger partial charge is 0.357 e. The third kappa shape index (κ3) is 2.78. The highest BCUT2D eigenvalue weighted by Gasteiger charge is 2.23. The van der Waals surface area contributed by atoms with Crippen LogP contribution in [0.5, 0.6) is 0 Å². The molecule has 1 fully saturated rings. The van der Waals surface area contributed by atoms with Crippen molar-refractivity contribution in [2.24, 2.45) is 0 Å². The number of rotatable bonds is 5. The first-order valence-corrected chi connectivity index (χ1v) is 6.62. The molecule has 0 amide bonds. The molecule has 0 radical (unpaired) electrons. The van der Waals surface area contributed by atoms with Gasteiger partial charge in [0, 0.05) is 25.3 Å². The van der Waals surface area contributed by atoms with Gasteiger partial charge < -0.3 is 10.2 Å². The summed E-state index contributed by atoms with van der Waals surface area (Å²) >= 11 is 0. The van der Waals surface area contributed by atoms with Gasteiger partial charge in [0.1, 0.15) is 5.82 Å². The molecule has 0 aromatic carbocycles. The topological polar surface area (TPSA) is 28.2 Å². The maximum absolute atomic E-state index is 4.74. The summed E-state index contributed by atoms with van der Waals surface area (Å²) in [7, 11) is 4.16. The standard InChI is InChI=1S/C14H23N3/c1-4-12-8-11(10-15-2)9-14(16-12)17(3)13-6-5-7-13/h8-9,13,15H,4-7,10H2,1-3H3. The van der Waals surface area contributed by atoms with Crippen LogP contribution in [0.1, 0.15) is 37.4 Å². The molecular formula is C14H23N3. The molecule has 0 atom stereocenters. The third-order valence-electron chi connectivity index (χ3n) is 3.65. The van der Waals surface area contributed by atoms with Crippen LogP contribution in [0.15, 0.2) is 12.1 Å². The van der Waals surface area contributed by atoms with E-state index in [1.165, 1.54) is 30.5 Å². The van der Waals surface area contributed by atoms with Crippen molar-refractivity contribution in [1.29, 1.82) is 0 Å². The molecule has 1 aliphatic rings. The summed E-state index contributed by atoms with van der Waals surface area (Å²) in [4.78, 5) is 7.08. The molecule has 1 aliphatic carbocycles. The zero-order valence-electron chi connectivity index (χ0n) is 11.2. The molecule has 1 aromatic rings. The first kappa shape index (κ1) is 12.4. The number of anilines is 1. The van der Waals surface area contributed by atoms with Crippen molar-refractivity contribution < 1.29 is 0 Å². The van der Waals surface area contributed by atoms with E-state index in [9.17, 15) is 0 Å². The van der Waals surface area contributed by atoms with Gasteiger partial charge in [0.25, 0.3) is 0 Å².